The van der Waals surface area contributed by atoms with E-state index < -0.39 is 0 Å². The van der Waals surface area contributed by atoms with Crippen LogP contribution in [-0.2, 0) is 0 Å². The molecule has 0 saturated carbocycles. The topological polar surface area (TPSA) is 59.8 Å². The highest BCUT2D eigenvalue weighted by atomic mass is 16.1. The summed E-state index contributed by atoms with van der Waals surface area (Å²) < 4.78 is 1.92. The fourth-order valence-electron chi connectivity index (χ4n) is 3.68. The van der Waals surface area contributed by atoms with Gasteiger partial charge in [-0.3, -0.25) is 4.79 Å². The lowest BCUT2D eigenvalue weighted by Gasteiger charge is -2.11. The summed E-state index contributed by atoms with van der Waals surface area (Å²) in [5.74, 6) is 0.398. The molecule has 0 aliphatic carbocycles. The maximum atomic E-state index is 12.7. The van der Waals surface area contributed by atoms with E-state index in [1.807, 2.05) is 55.1 Å². The van der Waals surface area contributed by atoms with Gasteiger partial charge >= 0.3 is 0 Å². The average Bonchev–Trinajstić information content (AvgIpc) is 3.14. The van der Waals surface area contributed by atoms with Crippen LogP contribution in [0.3, 0.4) is 0 Å². The summed E-state index contributed by atoms with van der Waals surface area (Å²) in [4.78, 5) is 17.5. The first-order valence-electron chi connectivity index (χ1n) is 10.3. The number of nitrogens with zero attached hydrogens (tertiary/aromatic N) is 3. The van der Waals surface area contributed by atoms with Crippen molar-refractivity contribution in [2.75, 3.05) is 6.54 Å². The van der Waals surface area contributed by atoms with Crippen LogP contribution in [0.1, 0.15) is 48.3 Å². The quantitative estimate of drug-likeness (QED) is 0.498. The molecule has 0 fully saturated rings. The molecule has 1 N–H and O–H groups in total. The van der Waals surface area contributed by atoms with E-state index in [2.05, 4.69) is 48.5 Å². The molecular weight excluding hydrogens is 372 g/mol. The summed E-state index contributed by atoms with van der Waals surface area (Å²) >= 11 is 0. The molecule has 2 heterocycles. The van der Waals surface area contributed by atoms with Gasteiger partial charge in [-0.15, -0.1) is 0 Å². The van der Waals surface area contributed by atoms with Gasteiger partial charge in [0.1, 0.15) is 0 Å². The minimum Gasteiger partial charge on any atom is -0.352 e. The number of rotatable bonds is 5. The molecule has 1 amide bonds. The molecule has 0 spiro atoms. The van der Waals surface area contributed by atoms with Crippen molar-refractivity contribution in [1.29, 1.82) is 0 Å². The molecule has 152 valence electrons. The van der Waals surface area contributed by atoms with E-state index in [1.165, 1.54) is 5.56 Å². The number of benzene rings is 2. The second-order valence-electron chi connectivity index (χ2n) is 7.73. The van der Waals surface area contributed by atoms with E-state index in [9.17, 15) is 4.79 Å². The van der Waals surface area contributed by atoms with Gasteiger partial charge in [0.15, 0.2) is 0 Å². The van der Waals surface area contributed by atoms with E-state index in [-0.39, 0.29) is 5.91 Å². The Bertz CT molecular complexity index is 1210. The number of aromatic nitrogens is 3. The number of hydrogen-bond donors (Lipinski definition) is 1. The fraction of sp³-hybridized carbons (Fsp3) is 0.240. The summed E-state index contributed by atoms with van der Waals surface area (Å²) in [6.45, 7) is 8.89. The predicted octanol–water partition coefficient (Wildman–Crippen LogP) is 5.27. The van der Waals surface area contributed by atoms with Crippen LogP contribution in [-0.4, -0.2) is 27.2 Å². The van der Waals surface area contributed by atoms with Crippen LogP contribution < -0.4 is 5.32 Å². The zero-order valence-corrected chi connectivity index (χ0v) is 17.8. The second kappa shape index (κ2) is 8.11. The van der Waals surface area contributed by atoms with Gasteiger partial charge in [-0.2, -0.15) is 5.10 Å². The van der Waals surface area contributed by atoms with E-state index >= 15 is 0 Å². The number of para-hydroxylation sites is 1. The standard InChI is InChI=1S/C25H26N4O/c1-5-26-25(30)21-14-24(28-23-9-7-6-8-20(21)23)22-15-27-29(17(22)4)19-12-10-18(11-13-19)16(2)3/h6-16H,5H2,1-4H3,(H,26,30). The van der Waals surface area contributed by atoms with E-state index in [0.717, 1.165) is 33.5 Å². The first-order valence-corrected chi connectivity index (χ1v) is 10.3. The third kappa shape index (κ3) is 3.59. The second-order valence-corrected chi connectivity index (χ2v) is 7.73. The molecule has 5 heteroatoms. The number of carbonyl (C=O) groups is 1. The van der Waals surface area contributed by atoms with E-state index in [0.29, 0.717) is 18.0 Å². The van der Waals surface area contributed by atoms with Crippen molar-refractivity contribution in [3.63, 3.8) is 0 Å². The summed E-state index contributed by atoms with van der Waals surface area (Å²) in [5.41, 5.74) is 6.38. The number of amides is 1. The highest BCUT2D eigenvalue weighted by Crippen LogP contribution is 2.28. The van der Waals surface area contributed by atoms with Gasteiger partial charge in [0, 0.05) is 17.5 Å². The summed E-state index contributed by atoms with van der Waals surface area (Å²) in [7, 11) is 0. The Labute approximate surface area is 176 Å². The van der Waals surface area contributed by atoms with Gasteiger partial charge in [-0.25, -0.2) is 9.67 Å². The summed E-state index contributed by atoms with van der Waals surface area (Å²) in [6, 6.07) is 18.1. The Morgan fingerprint density at radius 3 is 2.53 bits per heavy atom. The molecule has 2 aromatic carbocycles. The van der Waals surface area contributed by atoms with Crippen LogP contribution in [0.5, 0.6) is 0 Å². The molecule has 0 atom stereocenters. The molecule has 30 heavy (non-hydrogen) atoms. The Hall–Kier alpha value is -3.47. The molecule has 4 aromatic rings. The van der Waals surface area contributed by atoms with Crippen molar-refractivity contribution >= 4 is 16.8 Å². The molecule has 0 aliphatic heterocycles. The number of nitrogens with one attached hydrogen (secondary N) is 1. The highest BCUT2D eigenvalue weighted by Gasteiger charge is 2.17. The van der Waals surface area contributed by atoms with Crippen molar-refractivity contribution in [2.45, 2.75) is 33.6 Å². The van der Waals surface area contributed by atoms with Gasteiger partial charge in [-0.1, -0.05) is 44.2 Å². The first kappa shape index (κ1) is 19.8. The van der Waals surface area contributed by atoms with Crippen molar-refractivity contribution in [2.24, 2.45) is 0 Å². The summed E-state index contributed by atoms with van der Waals surface area (Å²) in [5, 5.41) is 8.36. The maximum absolute atomic E-state index is 12.7. The average molecular weight is 399 g/mol. The number of hydrogen-bond acceptors (Lipinski definition) is 3. The molecule has 0 bridgehead atoms. The van der Waals surface area contributed by atoms with E-state index in [4.69, 9.17) is 4.98 Å². The molecule has 0 saturated heterocycles. The predicted molar refractivity (Wildman–Crippen MR) is 121 cm³/mol. The minimum atomic E-state index is -0.0910. The SMILES string of the molecule is CCNC(=O)c1cc(-c2cnn(-c3ccc(C(C)C)cc3)c2C)nc2ccccc12. The van der Waals surface area contributed by atoms with Crippen molar-refractivity contribution in [3.05, 3.63) is 77.6 Å². The van der Waals surface area contributed by atoms with E-state index in [1.54, 1.807) is 0 Å². The van der Waals surface area contributed by atoms with Crippen LogP contribution in [0.25, 0.3) is 27.8 Å². The normalized spacial score (nSPS) is 11.2. The van der Waals surface area contributed by atoms with Crippen LogP contribution >= 0.6 is 0 Å². The Morgan fingerprint density at radius 1 is 1.10 bits per heavy atom. The maximum Gasteiger partial charge on any atom is 0.252 e. The van der Waals surface area contributed by atoms with Crippen LogP contribution in [0.2, 0.25) is 0 Å². The molecular formula is C25H26N4O. The lowest BCUT2D eigenvalue weighted by molar-refractivity contribution is 0.0957. The fourth-order valence-corrected chi connectivity index (χ4v) is 3.68. The molecule has 4 rings (SSSR count). The molecule has 0 aliphatic rings. The molecule has 0 unspecified atom stereocenters. The van der Waals surface area contributed by atoms with Crippen molar-refractivity contribution < 1.29 is 4.79 Å². The highest BCUT2D eigenvalue weighted by molar-refractivity contribution is 6.07. The zero-order chi connectivity index (χ0) is 21.3. The zero-order valence-electron chi connectivity index (χ0n) is 17.8. The Balaban J connectivity index is 1.80. The number of carbonyl (C=O) groups excluding carboxylic acids is 1. The monoisotopic (exact) mass is 398 g/mol. The van der Waals surface area contributed by atoms with Gasteiger partial charge < -0.3 is 5.32 Å². The lowest BCUT2D eigenvalue weighted by atomic mass is 10.0. The molecule has 0 radical (unpaired) electrons. The summed E-state index contributed by atoms with van der Waals surface area (Å²) in [6.07, 6.45) is 1.82. The van der Waals surface area contributed by atoms with Crippen LogP contribution in [0.4, 0.5) is 0 Å². The lowest BCUT2D eigenvalue weighted by Crippen LogP contribution is -2.23. The largest absolute Gasteiger partial charge is 0.352 e. The van der Waals surface area contributed by atoms with Gasteiger partial charge in [0.05, 0.1) is 34.4 Å². The molecule has 5 nitrogen and oxygen atoms in total. The Morgan fingerprint density at radius 2 is 1.83 bits per heavy atom. The first-order chi connectivity index (χ1) is 14.5. The van der Waals surface area contributed by atoms with Gasteiger partial charge in [0.25, 0.3) is 5.91 Å². The smallest absolute Gasteiger partial charge is 0.252 e. The van der Waals surface area contributed by atoms with Gasteiger partial charge in [0.2, 0.25) is 0 Å². The third-order valence-corrected chi connectivity index (χ3v) is 5.39. The minimum absolute atomic E-state index is 0.0910. The molecule has 2 aromatic heterocycles. The number of fused-ring (bicyclic) bond motifs is 1. The van der Waals surface area contributed by atoms with Crippen molar-refractivity contribution in [1.82, 2.24) is 20.1 Å². The van der Waals surface area contributed by atoms with Crippen molar-refractivity contribution in [3.8, 4) is 16.9 Å². The number of pyridine rings is 1. The van der Waals surface area contributed by atoms with Crippen LogP contribution in [0, 0.1) is 6.92 Å². The van der Waals surface area contributed by atoms with Gasteiger partial charge in [-0.05, 0) is 49.6 Å². The third-order valence-electron chi connectivity index (χ3n) is 5.39. The Kier molecular flexibility index (Phi) is 5.36. The van der Waals surface area contributed by atoms with Crippen LogP contribution in [0.15, 0.2) is 60.8 Å².